The van der Waals surface area contributed by atoms with Crippen molar-refractivity contribution in [2.45, 2.75) is 13.5 Å². The highest BCUT2D eigenvalue weighted by Crippen LogP contribution is 2.27. The Kier molecular flexibility index (Phi) is 4.77. The van der Waals surface area contributed by atoms with Crippen molar-refractivity contribution in [1.29, 1.82) is 0 Å². The monoisotopic (exact) mass is 398 g/mol. The molecule has 0 aliphatic carbocycles. The lowest BCUT2D eigenvalue weighted by atomic mass is 10.1. The summed E-state index contributed by atoms with van der Waals surface area (Å²) in [7, 11) is 0. The molecule has 0 heterocycles. The van der Waals surface area contributed by atoms with Crippen LogP contribution in [0, 0.1) is 17.0 Å². The van der Waals surface area contributed by atoms with E-state index in [1.165, 1.54) is 6.07 Å². The summed E-state index contributed by atoms with van der Waals surface area (Å²) in [5.74, 6) is 0. The molecule has 2 aromatic rings. The lowest BCUT2D eigenvalue weighted by Crippen LogP contribution is -2.03. The first-order valence-electron chi connectivity index (χ1n) is 5.90. The van der Waals surface area contributed by atoms with Crippen molar-refractivity contribution in [2.24, 2.45) is 0 Å². The van der Waals surface area contributed by atoms with Gasteiger partial charge in [-0.15, -0.1) is 0 Å². The molecule has 0 radical (unpaired) electrons. The molecule has 0 aliphatic heterocycles. The van der Waals surface area contributed by atoms with Crippen molar-refractivity contribution in [2.75, 3.05) is 5.32 Å². The van der Waals surface area contributed by atoms with Gasteiger partial charge in [-0.05, 0) is 68.1 Å². The zero-order valence-corrected chi connectivity index (χ0v) is 13.9. The fourth-order valence-corrected chi connectivity index (χ4v) is 2.47. The molecule has 0 saturated heterocycles. The molecular formula is C14H12Br2N2O2. The van der Waals surface area contributed by atoms with Crippen LogP contribution in [0.25, 0.3) is 0 Å². The molecule has 0 bridgehead atoms. The third kappa shape index (κ3) is 3.58. The zero-order valence-electron chi connectivity index (χ0n) is 10.7. The molecular weight excluding hydrogens is 388 g/mol. The summed E-state index contributed by atoms with van der Waals surface area (Å²) in [6, 6.07) is 10.9. The molecule has 0 aliphatic rings. The molecule has 0 amide bonds. The van der Waals surface area contributed by atoms with Gasteiger partial charge in [0.25, 0.3) is 5.69 Å². The fraction of sp³-hybridized carbons (Fsp3) is 0.143. The Morgan fingerprint density at radius 3 is 2.55 bits per heavy atom. The van der Waals surface area contributed by atoms with E-state index in [1.807, 2.05) is 25.1 Å². The molecule has 0 spiro atoms. The molecule has 0 unspecified atom stereocenters. The predicted molar refractivity (Wildman–Crippen MR) is 87.0 cm³/mol. The standard InChI is InChI=1S/C14H12Br2N2O2/c1-9-2-5-14(18(19)20)13(6-9)17-8-10-3-4-11(15)12(16)7-10/h2-7,17H,8H2,1H3. The second kappa shape index (κ2) is 6.37. The van der Waals surface area contributed by atoms with Crippen LogP contribution in [0.1, 0.15) is 11.1 Å². The Hall–Kier alpha value is -1.40. The maximum Gasteiger partial charge on any atom is 0.292 e. The van der Waals surface area contributed by atoms with E-state index in [2.05, 4.69) is 37.2 Å². The number of hydrogen-bond acceptors (Lipinski definition) is 3. The Morgan fingerprint density at radius 1 is 1.15 bits per heavy atom. The fourth-order valence-electron chi connectivity index (χ4n) is 1.80. The zero-order chi connectivity index (χ0) is 14.7. The number of nitrogens with zero attached hydrogens (tertiary/aromatic N) is 1. The second-order valence-electron chi connectivity index (χ2n) is 4.38. The van der Waals surface area contributed by atoms with E-state index in [1.54, 1.807) is 12.1 Å². The van der Waals surface area contributed by atoms with Crippen LogP contribution in [0.2, 0.25) is 0 Å². The molecule has 104 valence electrons. The van der Waals surface area contributed by atoms with E-state index in [0.29, 0.717) is 12.2 Å². The summed E-state index contributed by atoms with van der Waals surface area (Å²) < 4.78 is 1.93. The summed E-state index contributed by atoms with van der Waals surface area (Å²) in [5.41, 5.74) is 2.65. The van der Waals surface area contributed by atoms with Gasteiger partial charge < -0.3 is 5.32 Å². The van der Waals surface area contributed by atoms with Crippen molar-refractivity contribution in [1.82, 2.24) is 0 Å². The van der Waals surface area contributed by atoms with Crippen LogP contribution in [0.4, 0.5) is 11.4 Å². The molecule has 4 nitrogen and oxygen atoms in total. The Labute approximate surface area is 133 Å². The summed E-state index contributed by atoms with van der Waals surface area (Å²) >= 11 is 6.85. The van der Waals surface area contributed by atoms with Crippen LogP contribution < -0.4 is 5.32 Å². The Balaban J connectivity index is 2.20. The first kappa shape index (κ1) is 15.0. The number of aryl methyl sites for hydroxylation is 1. The lowest BCUT2D eigenvalue weighted by Gasteiger charge is -2.09. The molecule has 0 atom stereocenters. The third-order valence-corrected chi connectivity index (χ3v) is 4.70. The number of halogens is 2. The van der Waals surface area contributed by atoms with E-state index in [4.69, 9.17) is 0 Å². The SMILES string of the molecule is Cc1ccc([N+](=O)[O-])c(NCc2ccc(Br)c(Br)c2)c1. The van der Waals surface area contributed by atoms with Crippen molar-refractivity contribution >= 4 is 43.2 Å². The average molecular weight is 400 g/mol. The van der Waals surface area contributed by atoms with E-state index in [0.717, 1.165) is 20.1 Å². The number of rotatable bonds is 4. The Bertz CT molecular complexity index is 660. The van der Waals surface area contributed by atoms with Gasteiger partial charge in [-0.2, -0.15) is 0 Å². The minimum atomic E-state index is -0.376. The van der Waals surface area contributed by atoms with Gasteiger partial charge in [0, 0.05) is 21.6 Å². The summed E-state index contributed by atoms with van der Waals surface area (Å²) in [6.45, 7) is 2.43. The van der Waals surface area contributed by atoms with Crippen LogP contribution in [-0.4, -0.2) is 4.92 Å². The minimum Gasteiger partial charge on any atom is -0.375 e. The normalized spacial score (nSPS) is 10.3. The van der Waals surface area contributed by atoms with Crippen LogP contribution in [0.15, 0.2) is 45.3 Å². The Morgan fingerprint density at radius 2 is 1.90 bits per heavy atom. The van der Waals surface area contributed by atoms with Crippen molar-refractivity contribution in [3.8, 4) is 0 Å². The topological polar surface area (TPSA) is 55.2 Å². The molecule has 0 aromatic heterocycles. The molecule has 20 heavy (non-hydrogen) atoms. The smallest absolute Gasteiger partial charge is 0.292 e. The van der Waals surface area contributed by atoms with Crippen molar-refractivity contribution < 1.29 is 4.92 Å². The summed E-state index contributed by atoms with van der Waals surface area (Å²) in [4.78, 5) is 10.6. The summed E-state index contributed by atoms with van der Waals surface area (Å²) in [6.07, 6.45) is 0. The molecule has 2 rings (SSSR count). The highest BCUT2D eigenvalue weighted by molar-refractivity contribution is 9.13. The van der Waals surface area contributed by atoms with Gasteiger partial charge >= 0.3 is 0 Å². The van der Waals surface area contributed by atoms with Crippen LogP contribution >= 0.6 is 31.9 Å². The van der Waals surface area contributed by atoms with Gasteiger partial charge in [-0.25, -0.2) is 0 Å². The number of anilines is 1. The van der Waals surface area contributed by atoms with E-state index in [9.17, 15) is 10.1 Å². The third-order valence-electron chi connectivity index (χ3n) is 2.82. The van der Waals surface area contributed by atoms with E-state index >= 15 is 0 Å². The number of hydrogen-bond donors (Lipinski definition) is 1. The highest BCUT2D eigenvalue weighted by atomic mass is 79.9. The first-order chi connectivity index (χ1) is 9.47. The predicted octanol–water partition coefficient (Wildman–Crippen LogP) is 5.04. The number of nitro benzene ring substituents is 1. The summed E-state index contributed by atoms with van der Waals surface area (Å²) in [5, 5.41) is 14.1. The average Bonchev–Trinajstić information content (AvgIpc) is 2.40. The number of benzene rings is 2. The van der Waals surface area contributed by atoms with Crippen LogP contribution in [-0.2, 0) is 6.54 Å². The molecule has 2 aromatic carbocycles. The second-order valence-corrected chi connectivity index (χ2v) is 6.09. The van der Waals surface area contributed by atoms with Gasteiger partial charge in [0.15, 0.2) is 0 Å². The maximum atomic E-state index is 11.0. The highest BCUT2D eigenvalue weighted by Gasteiger charge is 2.13. The number of nitrogens with one attached hydrogen (secondary N) is 1. The van der Waals surface area contributed by atoms with E-state index < -0.39 is 0 Å². The van der Waals surface area contributed by atoms with Crippen molar-refractivity contribution in [3.63, 3.8) is 0 Å². The lowest BCUT2D eigenvalue weighted by molar-refractivity contribution is -0.384. The molecule has 6 heteroatoms. The molecule has 1 N–H and O–H groups in total. The van der Waals surface area contributed by atoms with Gasteiger partial charge in [0.05, 0.1) is 4.92 Å². The number of nitro groups is 1. The van der Waals surface area contributed by atoms with Gasteiger partial charge in [-0.1, -0.05) is 12.1 Å². The van der Waals surface area contributed by atoms with Crippen LogP contribution in [0.3, 0.4) is 0 Å². The van der Waals surface area contributed by atoms with E-state index in [-0.39, 0.29) is 10.6 Å². The van der Waals surface area contributed by atoms with Crippen LogP contribution in [0.5, 0.6) is 0 Å². The van der Waals surface area contributed by atoms with Gasteiger partial charge in [0.2, 0.25) is 0 Å². The minimum absolute atomic E-state index is 0.0896. The maximum absolute atomic E-state index is 11.0. The van der Waals surface area contributed by atoms with Gasteiger partial charge in [0.1, 0.15) is 5.69 Å². The molecule has 0 fully saturated rings. The van der Waals surface area contributed by atoms with Gasteiger partial charge in [-0.3, -0.25) is 10.1 Å². The first-order valence-corrected chi connectivity index (χ1v) is 7.49. The largest absolute Gasteiger partial charge is 0.375 e. The quantitative estimate of drug-likeness (QED) is 0.578. The van der Waals surface area contributed by atoms with Crippen molar-refractivity contribution in [3.05, 3.63) is 66.6 Å². The molecule has 0 saturated carbocycles.